The normalized spacial score (nSPS) is 12.1. The van der Waals surface area contributed by atoms with Crippen LogP contribution in [-0.2, 0) is 27.4 Å². The second-order valence-electron chi connectivity index (χ2n) is 7.23. The summed E-state index contributed by atoms with van der Waals surface area (Å²) in [5.41, 5.74) is 2.28. The Morgan fingerprint density at radius 2 is 1.73 bits per heavy atom. The number of ether oxygens (including phenoxy) is 4. The van der Waals surface area contributed by atoms with Crippen LogP contribution in [0.2, 0.25) is 0 Å². The zero-order valence-electron chi connectivity index (χ0n) is 17.6. The molecule has 7 nitrogen and oxygen atoms in total. The van der Waals surface area contributed by atoms with Gasteiger partial charge < -0.3 is 23.8 Å². The molecule has 1 heterocycles. The molecule has 0 saturated carbocycles. The third kappa shape index (κ3) is 5.73. The van der Waals surface area contributed by atoms with E-state index >= 15 is 0 Å². The summed E-state index contributed by atoms with van der Waals surface area (Å²) < 4.78 is 21.4. The van der Waals surface area contributed by atoms with Crippen molar-refractivity contribution in [2.45, 2.75) is 40.0 Å². The Kier molecular flexibility index (Phi) is 7.30. The van der Waals surface area contributed by atoms with Gasteiger partial charge in [-0.1, -0.05) is 18.2 Å². The van der Waals surface area contributed by atoms with E-state index in [-0.39, 0.29) is 25.4 Å². The second-order valence-corrected chi connectivity index (χ2v) is 7.23. The molecule has 1 amide bonds. The van der Waals surface area contributed by atoms with E-state index in [1.807, 2.05) is 51.1 Å². The summed E-state index contributed by atoms with van der Waals surface area (Å²) in [4.78, 5) is 26.4. The van der Waals surface area contributed by atoms with Crippen molar-refractivity contribution in [3.05, 3.63) is 59.2 Å². The molecule has 0 fully saturated rings. The summed E-state index contributed by atoms with van der Waals surface area (Å²) in [6, 6.07) is 12.6. The number of hydrogen-bond acceptors (Lipinski definition) is 6. The van der Waals surface area contributed by atoms with Crippen LogP contribution in [0.1, 0.15) is 42.3 Å². The van der Waals surface area contributed by atoms with E-state index in [1.165, 1.54) is 0 Å². The van der Waals surface area contributed by atoms with Crippen LogP contribution in [0.3, 0.4) is 0 Å². The van der Waals surface area contributed by atoms with Gasteiger partial charge in [0.25, 0.3) is 5.91 Å². The van der Waals surface area contributed by atoms with Crippen LogP contribution >= 0.6 is 0 Å². The van der Waals surface area contributed by atoms with E-state index in [1.54, 1.807) is 17.0 Å². The van der Waals surface area contributed by atoms with Crippen LogP contribution in [0.5, 0.6) is 11.5 Å². The van der Waals surface area contributed by atoms with Gasteiger partial charge in [-0.05, 0) is 56.2 Å². The molecular weight excluding hydrogens is 386 g/mol. The predicted octanol–water partition coefficient (Wildman–Crippen LogP) is 3.55. The van der Waals surface area contributed by atoms with Gasteiger partial charge in [0.1, 0.15) is 0 Å². The van der Waals surface area contributed by atoms with E-state index in [4.69, 9.17) is 18.9 Å². The third-order valence-electron chi connectivity index (χ3n) is 4.64. The van der Waals surface area contributed by atoms with Gasteiger partial charge in [0.2, 0.25) is 6.79 Å². The van der Waals surface area contributed by atoms with Crippen LogP contribution in [-0.4, -0.2) is 42.8 Å². The predicted molar refractivity (Wildman–Crippen MR) is 110 cm³/mol. The molecule has 0 bridgehead atoms. The molecule has 0 radical (unpaired) electrons. The molecule has 0 atom stereocenters. The van der Waals surface area contributed by atoms with Crippen LogP contribution in [0, 0.1) is 0 Å². The van der Waals surface area contributed by atoms with Crippen molar-refractivity contribution < 1.29 is 28.5 Å². The molecule has 1 aliphatic heterocycles. The van der Waals surface area contributed by atoms with Crippen molar-refractivity contribution >= 4 is 11.9 Å². The lowest BCUT2D eigenvalue weighted by atomic mass is 10.1. The van der Waals surface area contributed by atoms with Crippen LogP contribution in [0.4, 0.5) is 0 Å². The topological polar surface area (TPSA) is 74.3 Å². The molecule has 30 heavy (non-hydrogen) atoms. The Morgan fingerprint density at radius 1 is 1.03 bits per heavy atom. The number of nitrogens with zero attached hydrogens (tertiary/aromatic N) is 1. The Labute approximate surface area is 176 Å². The smallest absolute Gasteiger partial charge is 0.338 e. The van der Waals surface area contributed by atoms with Crippen molar-refractivity contribution in [1.29, 1.82) is 0 Å². The minimum absolute atomic E-state index is 0.139. The third-order valence-corrected chi connectivity index (χ3v) is 4.64. The van der Waals surface area contributed by atoms with Gasteiger partial charge in [-0.3, -0.25) is 4.79 Å². The molecule has 3 rings (SSSR count). The van der Waals surface area contributed by atoms with Gasteiger partial charge in [0.15, 0.2) is 18.1 Å². The molecule has 0 saturated heterocycles. The van der Waals surface area contributed by atoms with Crippen LogP contribution < -0.4 is 9.47 Å². The lowest BCUT2D eigenvalue weighted by Crippen LogP contribution is -2.34. The van der Waals surface area contributed by atoms with Gasteiger partial charge in [0.05, 0.1) is 18.3 Å². The van der Waals surface area contributed by atoms with Crippen molar-refractivity contribution in [3.63, 3.8) is 0 Å². The molecular formula is C23H27NO6. The van der Waals surface area contributed by atoms with Crippen LogP contribution in [0.25, 0.3) is 0 Å². The van der Waals surface area contributed by atoms with E-state index in [2.05, 4.69) is 0 Å². The average Bonchev–Trinajstić information content (AvgIpc) is 3.22. The highest BCUT2D eigenvalue weighted by molar-refractivity contribution is 5.91. The van der Waals surface area contributed by atoms with Gasteiger partial charge in [-0.25, -0.2) is 4.79 Å². The highest BCUT2D eigenvalue weighted by atomic mass is 16.7. The minimum atomic E-state index is -0.529. The van der Waals surface area contributed by atoms with Crippen molar-refractivity contribution in [3.8, 4) is 11.5 Å². The standard InChI is InChI=1S/C23H27NO6/c1-4-24(12-18-7-10-20-21(11-18)30-15-29-20)22(25)14-28-23(26)19-8-5-17(6-9-19)13-27-16(2)3/h5-11,16H,4,12-15H2,1-3H3. The molecule has 2 aromatic rings. The minimum Gasteiger partial charge on any atom is -0.454 e. The zero-order chi connectivity index (χ0) is 21.5. The molecule has 0 aliphatic carbocycles. The van der Waals surface area contributed by atoms with Crippen molar-refractivity contribution in [1.82, 2.24) is 4.90 Å². The highest BCUT2D eigenvalue weighted by Crippen LogP contribution is 2.32. The number of rotatable bonds is 9. The number of esters is 1. The molecule has 7 heteroatoms. The first kappa shape index (κ1) is 21.6. The summed E-state index contributed by atoms with van der Waals surface area (Å²) >= 11 is 0. The number of benzene rings is 2. The van der Waals surface area contributed by atoms with Crippen molar-refractivity contribution in [2.75, 3.05) is 19.9 Å². The Bertz CT molecular complexity index is 878. The number of hydrogen-bond donors (Lipinski definition) is 0. The van der Waals surface area contributed by atoms with Crippen molar-refractivity contribution in [2.24, 2.45) is 0 Å². The highest BCUT2D eigenvalue weighted by Gasteiger charge is 2.18. The fourth-order valence-corrected chi connectivity index (χ4v) is 2.94. The summed E-state index contributed by atoms with van der Waals surface area (Å²) in [5, 5.41) is 0. The fraction of sp³-hybridized carbons (Fsp3) is 0.391. The second kappa shape index (κ2) is 10.1. The summed E-state index contributed by atoms with van der Waals surface area (Å²) in [6.07, 6.45) is 0.139. The largest absolute Gasteiger partial charge is 0.454 e. The van der Waals surface area contributed by atoms with E-state index < -0.39 is 5.97 Å². The molecule has 0 spiro atoms. The lowest BCUT2D eigenvalue weighted by Gasteiger charge is -2.21. The summed E-state index contributed by atoms with van der Waals surface area (Å²) in [5.74, 6) is 0.581. The molecule has 160 valence electrons. The summed E-state index contributed by atoms with van der Waals surface area (Å²) in [7, 11) is 0. The maximum absolute atomic E-state index is 12.5. The van der Waals surface area contributed by atoms with Gasteiger partial charge in [-0.15, -0.1) is 0 Å². The molecule has 0 unspecified atom stereocenters. The maximum atomic E-state index is 12.5. The van der Waals surface area contributed by atoms with E-state index in [0.717, 1.165) is 11.1 Å². The monoisotopic (exact) mass is 413 g/mol. The Morgan fingerprint density at radius 3 is 2.43 bits per heavy atom. The molecule has 2 aromatic carbocycles. The number of likely N-dealkylation sites (N-methyl/N-ethyl adjacent to an activating group) is 1. The van der Waals surface area contributed by atoms with Gasteiger partial charge >= 0.3 is 5.97 Å². The van der Waals surface area contributed by atoms with E-state index in [9.17, 15) is 9.59 Å². The average molecular weight is 413 g/mol. The Balaban J connectivity index is 1.51. The van der Waals surface area contributed by atoms with Gasteiger partial charge in [0, 0.05) is 13.1 Å². The first-order valence-corrected chi connectivity index (χ1v) is 10.00. The summed E-state index contributed by atoms with van der Waals surface area (Å²) in [6.45, 7) is 7.08. The number of amides is 1. The number of fused-ring (bicyclic) bond motifs is 1. The molecule has 0 aromatic heterocycles. The Hall–Kier alpha value is -3.06. The first-order valence-electron chi connectivity index (χ1n) is 10.00. The number of carbonyl (C=O) groups is 2. The number of carbonyl (C=O) groups excluding carboxylic acids is 2. The quantitative estimate of drug-likeness (QED) is 0.586. The van der Waals surface area contributed by atoms with Crippen LogP contribution in [0.15, 0.2) is 42.5 Å². The van der Waals surface area contributed by atoms with E-state index in [0.29, 0.717) is 36.8 Å². The van der Waals surface area contributed by atoms with Gasteiger partial charge in [-0.2, -0.15) is 0 Å². The molecule has 0 N–H and O–H groups in total. The zero-order valence-corrected chi connectivity index (χ0v) is 17.6. The lowest BCUT2D eigenvalue weighted by molar-refractivity contribution is -0.134. The first-order chi connectivity index (χ1) is 14.5. The fourth-order valence-electron chi connectivity index (χ4n) is 2.94. The molecule has 1 aliphatic rings. The SMILES string of the molecule is CCN(Cc1ccc2c(c1)OCO2)C(=O)COC(=O)c1ccc(COC(C)C)cc1. The maximum Gasteiger partial charge on any atom is 0.338 e.